The lowest BCUT2D eigenvalue weighted by atomic mass is 9.97. The summed E-state index contributed by atoms with van der Waals surface area (Å²) in [6.07, 6.45) is 0.158. The molecule has 1 saturated heterocycles. The lowest BCUT2D eigenvalue weighted by molar-refractivity contribution is -0.0486. The first-order chi connectivity index (χ1) is 7.34. The van der Waals surface area contributed by atoms with Crippen LogP contribution in [0.4, 0.5) is 0 Å². The molecule has 0 aromatic heterocycles. The van der Waals surface area contributed by atoms with Gasteiger partial charge in [0.15, 0.2) is 0 Å². The molecule has 3 atom stereocenters. The van der Waals surface area contributed by atoms with Gasteiger partial charge in [-0.3, -0.25) is 0 Å². The number of nitrogens with one attached hydrogen (secondary N) is 1. The number of hydrogen-bond donors (Lipinski definition) is 1. The summed E-state index contributed by atoms with van der Waals surface area (Å²) in [4.78, 5) is 0. The van der Waals surface area contributed by atoms with Gasteiger partial charge < -0.3 is 14.8 Å². The Labute approximate surface area is 89.4 Å². The summed E-state index contributed by atoms with van der Waals surface area (Å²) in [5.74, 6) is 0.968. The predicted octanol–water partition coefficient (Wildman–Crippen LogP) is 1.50. The average Bonchev–Trinajstić information content (AvgIpc) is 2.28. The highest BCUT2D eigenvalue weighted by Crippen LogP contribution is 2.36. The van der Waals surface area contributed by atoms with E-state index in [4.69, 9.17) is 9.47 Å². The Morgan fingerprint density at radius 1 is 1.27 bits per heavy atom. The largest absolute Gasteiger partial charge is 0.491 e. The van der Waals surface area contributed by atoms with E-state index in [1.54, 1.807) is 0 Å². The van der Waals surface area contributed by atoms with Crippen LogP contribution in [0.2, 0.25) is 0 Å². The van der Waals surface area contributed by atoms with Crippen LogP contribution in [0.15, 0.2) is 24.3 Å². The fourth-order valence-electron chi connectivity index (χ4n) is 2.33. The van der Waals surface area contributed by atoms with Crippen molar-refractivity contribution in [3.05, 3.63) is 29.8 Å². The van der Waals surface area contributed by atoms with Gasteiger partial charge in [-0.15, -0.1) is 0 Å². The van der Waals surface area contributed by atoms with Gasteiger partial charge >= 0.3 is 0 Å². The summed E-state index contributed by atoms with van der Waals surface area (Å²) in [7, 11) is 0. The molecule has 1 aromatic carbocycles. The minimum absolute atomic E-state index is 0.158. The second kappa shape index (κ2) is 3.51. The molecule has 3 heteroatoms. The summed E-state index contributed by atoms with van der Waals surface area (Å²) < 4.78 is 11.6. The second-order valence-corrected chi connectivity index (χ2v) is 4.28. The van der Waals surface area contributed by atoms with Crippen LogP contribution in [0.3, 0.4) is 0 Å². The van der Waals surface area contributed by atoms with Gasteiger partial charge in [-0.05, 0) is 13.0 Å². The van der Waals surface area contributed by atoms with Crippen molar-refractivity contribution in [3.8, 4) is 5.75 Å². The first-order valence-corrected chi connectivity index (χ1v) is 5.44. The van der Waals surface area contributed by atoms with Crippen molar-refractivity contribution in [2.45, 2.75) is 25.1 Å². The molecule has 0 radical (unpaired) electrons. The maximum absolute atomic E-state index is 5.88. The third kappa shape index (κ3) is 1.52. The monoisotopic (exact) mass is 205 g/mol. The van der Waals surface area contributed by atoms with Crippen LogP contribution in [0.1, 0.15) is 18.6 Å². The Kier molecular flexibility index (Phi) is 2.15. The Hall–Kier alpha value is -1.06. The number of rotatable bonds is 0. The lowest BCUT2D eigenvalue weighted by Crippen LogP contribution is -2.53. The summed E-state index contributed by atoms with van der Waals surface area (Å²) in [5.41, 5.74) is 1.17. The van der Waals surface area contributed by atoms with Crippen molar-refractivity contribution in [3.63, 3.8) is 0 Å². The lowest BCUT2D eigenvalue weighted by Gasteiger charge is -2.40. The highest BCUT2D eigenvalue weighted by molar-refractivity contribution is 5.38. The Balaban J connectivity index is 1.93. The molecule has 15 heavy (non-hydrogen) atoms. The molecule has 3 unspecified atom stereocenters. The zero-order valence-electron chi connectivity index (χ0n) is 8.77. The zero-order valence-corrected chi connectivity index (χ0v) is 8.77. The van der Waals surface area contributed by atoms with Crippen LogP contribution in [-0.4, -0.2) is 25.3 Å². The molecule has 0 aliphatic carbocycles. The SMILES string of the molecule is CC1COC2c3ccccc3OCC2N1. The molecule has 1 aromatic rings. The van der Waals surface area contributed by atoms with Crippen LogP contribution in [-0.2, 0) is 4.74 Å². The van der Waals surface area contributed by atoms with Gasteiger partial charge in [0.1, 0.15) is 18.5 Å². The molecular weight excluding hydrogens is 190 g/mol. The van der Waals surface area contributed by atoms with E-state index in [1.165, 1.54) is 5.56 Å². The summed E-state index contributed by atoms with van der Waals surface area (Å²) in [6, 6.07) is 8.84. The Morgan fingerprint density at radius 2 is 2.13 bits per heavy atom. The summed E-state index contributed by atoms with van der Waals surface area (Å²) in [6.45, 7) is 3.61. The first kappa shape index (κ1) is 9.19. The zero-order chi connectivity index (χ0) is 10.3. The number of morpholine rings is 1. The molecule has 0 spiro atoms. The molecule has 2 aliphatic heterocycles. The quantitative estimate of drug-likeness (QED) is 0.696. The van der Waals surface area contributed by atoms with Crippen molar-refractivity contribution in [1.29, 1.82) is 0 Å². The molecule has 2 heterocycles. The molecule has 0 bridgehead atoms. The van der Waals surface area contributed by atoms with Crippen LogP contribution in [0.5, 0.6) is 5.75 Å². The molecule has 0 saturated carbocycles. The van der Waals surface area contributed by atoms with E-state index < -0.39 is 0 Å². The predicted molar refractivity (Wildman–Crippen MR) is 57.0 cm³/mol. The fraction of sp³-hybridized carbons (Fsp3) is 0.500. The molecule has 2 aliphatic rings. The van der Waals surface area contributed by atoms with Crippen molar-refractivity contribution in [1.82, 2.24) is 5.32 Å². The maximum Gasteiger partial charge on any atom is 0.125 e. The second-order valence-electron chi connectivity index (χ2n) is 4.28. The molecular formula is C12H15NO2. The van der Waals surface area contributed by atoms with E-state index in [-0.39, 0.29) is 6.10 Å². The topological polar surface area (TPSA) is 30.5 Å². The number of hydrogen-bond acceptors (Lipinski definition) is 3. The minimum Gasteiger partial charge on any atom is -0.491 e. The van der Waals surface area contributed by atoms with Crippen molar-refractivity contribution >= 4 is 0 Å². The minimum atomic E-state index is 0.158. The number of fused-ring (bicyclic) bond motifs is 3. The normalized spacial score (nSPS) is 33.8. The Bertz CT molecular complexity index is 366. The first-order valence-electron chi connectivity index (χ1n) is 5.44. The van der Waals surface area contributed by atoms with E-state index in [2.05, 4.69) is 18.3 Å². The third-order valence-corrected chi connectivity index (χ3v) is 3.03. The molecule has 80 valence electrons. The van der Waals surface area contributed by atoms with E-state index >= 15 is 0 Å². The van der Waals surface area contributed by atoms with Gasteiger partial charge in [0.05, 0.1) is 12.6 Å². The standard InChI is InChI=1S/C12H15NO2/c1-8-6-15-12-9-4-2-3-5-11(9)14-7-10(12)13-8/h2-5,8,10,12-13H,6-7H2,1H3. The van der Waals surface area contributed by atoms with Crippen molar-refractivity contribution in [2.75, 3.05) is 13.2 Å². The van der Waals surface area contributed by atoms with E-state index in [9.17, 15) is 0 Å². The fourth-order valence-corrected chi connectivity index (χ4v) is 2.33. The third-order valence-electron chi connectivity index (χ3n) is 3.03. The summed E-state index contributed by atoms with van der Waals surface area (Å²) >= 11 is 0. The molecule has 1 N–H and O–H groups in total. The van der Waals surface area contributed by atoms with Gasteiger partial charge in [-0.25, -0.2) is 0 Å². The molecule has 0 amide bonds. The average molecular weight is 205 g/mol. The van der Waals surface area contributed by atoms with Gasteiger partial charge in [0.25, 0.3) is 0 Å². The molecule has 3 nitrogen and oxygen atoms in total. The van der Waals surface area contributed by atoms with Crippen molar-refractivity contribution < 1.29 is 9.47 Å². The number of benzene rings is 1. The summed E-state index contributed by atoms with van der Waals surface area (Å²) in [5, 5.41) is 3.51. The van der Waals surface area contributed by atoms with Crippen molar-refractivity contribution in [2.24, 2.45) is 0 Å². The van der Waals surface area contributed by atoms with Crippen LogP contribution >= 0.6 is 0 Å². The maximum atomic E-state index is 5.88. The van der Waals surface area contributed by atoms with Crippen LogP contribution < -0.4 is 10.1 Å². The smallest absolute Gasteiger partial charge is 0.125 e. The molecule has 3 rings (SSSR count). The van der Waals surface area contributed by atoms with Gasteiger partial charge in [0, 0.05) is 11.6 Å². The highest BCUT2D eigenvalue weighted by Gasteiger charge is 2.35. The van der Waals surface area contributed by atoms with Crippen LogP contribution in [0, 0.1) is 0 Å². The van der Waals surface area contributed by atoms with E-state index in [0.717, 1.165) is 12.4 Å². The van der Waals surface area contributed by atoms with Gasteiger partial charge in [-0.1, -0.05) is 18.2 Å². The number of para-hydroxylation sites is 1. The van der Waals surface area contributed by atoms with Crippen LogP contribution in [0.25, 0.3) is 0 Å². The van der Waals surface area contributed by atoms with E-state index in [0.29, 0.717) is 18.7 Å². The van der Waals surface area contributed by atoms with Gasteiger partial charge in [0.2, 0.25) is 0 Å². The Morgan fingerprint density at radius 3 is 3.07 bits per heavy atom. The van der Waals surface area contributed by atoms with E-state index in [1.807, 2.05) is 18.2 Å². The highest BCUT2D eigenvalue weighted by atomic mass is 16.5. The molecule has 1 fully saturated rings. The van der Waals surface area contributed by atoms with Gasteiger partial charge in [-0.2, -0.15) is 0 Å². The number of ether oxygens (including phenoxy) is 2.